The van der Waals surface area contributed by atoms with Crippen molar-refractivity contribution in [2.24, 2.45) is 5.41 Å². The zero-order valence-electron chi connectivity index (χ0n) is 10.9. The van der Waals surface area contributed by atoms with E-state index in [0.29, 0.717) is 0 Å². The molecule has 0 atom stereocenters. The van der Waals surface area contributed by atoms with Gasteiger partial charge in [0.15, 0.2) is 0 Å². The van der Waals surface area contributed by atoms with Crippen LogP contribution >= 0.6 is 0 Å². The molecule has 4 rings (SSSR count). The van der Waals surface area contributed by atoms with E-state index in [1.165, 1.54) is 55.5 Å². The number of hydrogen-bond donors (Lipinski definition) is 0. The second-order valence-electron chi connectivity index (χ2n) is 6.03. The second-order valence-corrected chi connectivity index (χ2v) is 6.03. The third-order valence-electron chi connectivity index (χ3n) is 4.84. The molecule has 3 heteroatoms. The second kappa shape index (κ2) is 3.50. The van der Waals surface area contributed by atoms with Gasteiger partial charge in [0, 0.05) is 13.1 Å². The highest BCUT2D eigenvalue weighted by Crippen LogP contribution is 2.53. The van der Waals surface area contributed by atoms with E-state index in [4.69, 9.17) is 0 Å². The Balaban J connectivity index is 1.62. The third-order valence-corrected chi connectivity index (χ3v) is 4.84. The molecule has 0 bridgehead atoms. The smallest absolute Gasteiger partial charge is 0.0692 e. The minimum atomic E-state index is 0.753. The Morgan fingerprint density at radius 2 is 1.89 bits per heavy atom. The first-order valence-electron chi connectivity index (χ1n) is 6.95. The monoisotopic (exact) mass is 241 g/mol. The molecule has 1 aliphatic carbocycles. The van der Waals surface area contributed by atoms with Crippen LogP contribution in [0.15, 0.2) is 24.5 Å². The Morgan fingerprint density at radius 3 is 2.61 bits per heavy atom. The number of aryl methyl sites for hydroxylation is 1. The average molecular weight is 241 g/mol. The number of anilines is 1. The summed E-state index contributed by atoms with van der Waals surface area (Å²) >= 11 is 0. The molecule has 2 aromatic rings. The maximum Gasteiger partial charge on any atom is 0.0692 e. The summed E-state index contributed by atoms with van der Waals surface area (Å²) < 4.78 is 2.01. The van der Waals surface area contributed by atoms with Gasteiger partial charge in [-0.1, -0.05) is 0 Å². The molecule has 18 heavy (non-hydrogen) atoms. The van der Waals surface area contributed by atoms with Crippen LogP contribution in [0.2, 0.25) is 0 Å². The zero-order chi connectivity index (χ0) is 12.2. The molecule has 94 valence electrons. The van der Waals surface area contributed by atoms with Crippen LogP contribution in [0.25, 0.3) is 5.52 Å². The molecule has 2 aromatic heterocycles. The Morgan fingerprint density at radius 1 is 1.11 bits per heavy atom. The van der Waals surface area contributed by atoms with Gasteiger partial charge in [-0.2, -0.15) is 5.10 Å². The molecule has 2 fully saturated rings. The first kappa shape index (κ1) is 10.4. The first-order chi connectivity index (χ1) is 8.76. The topological polar surface area (TPSA) is 20.5 Å². The zero-order valence-corrected chi connectivity index (χ0v) is 10.9. The van der Waals surface area contributed by atoms with Crippen molar-refractivity contribution in [1.82, 2.24) is 9.61 Å². The Hall–Kier alpha value is -1.51. The van der Waals surface area contributed by atoms with Crippen LogP contribution in [0.1, 0.15) is 31.2 Å². The van der Waals surface area contributed by atoms with E-state index >= 15 is 0 Å². The molecule has 1 saturated carbocycles. The van der Waals surface area contributed by atoms with E-state index in [1.54, 1.807) is 0 Å². The SMILES string of the molecule is Cc1cnn2cc(N3CCC4(CC3)CC4)ccc12. The molecule has 0 N–H and O–H groups in total. The van der Waals surface area contributed by atoms with Crippen LogP contribution in [0, 0.1) is 12.3 Å². The summed E-state index contributed by atoms with van der Waals surface area (Å²) in [5.74, 6) is 0. The van der Waals surface area contributed by atoms with Crippen LogP contribution in [0.4, 0.5) is 5.69 Å². The average Bonchev–Trinajstić information content (AvgIpc) is 3.06. The lowest BCUT2D eigenvalue weighted by Gasteiger charge is -2.33. The normalized spacial score (nSPS) is 21.7. The minimum Gasteiger partial charge on any atom is -0.370 e. The summed E-state index contributed by atoms with van der Waals surface area (Å²) in [6.45, 7) is 4.54. The Bertz CT molecular complexity index is 585. The summed E-state index contributed by atoms with van der Waals surface area (Å²) in [6, 6.07) is 4.44. The fourth-order valence-electron chi connectivity index (χ4n) is 3.20. The van der Waals surface area contributed by atoms with Gasteiger partial charge in [0.2, 0.25) is 0 Å². The number of pyridine rings is 1. The molecule has 0 amide bonds. The lowest BCUT2D eigenvalue weighted by molar-refractivity contribution is 0.384. The van der Waals surface area contributed by atoms with Crippen molar-refractivity contribution in [3.63, 3.8) is 0 Å². The van der Waals surface area contributed by atoms with Crippen molar-refractivity contribution in [1.29, 1.82) is 0 Å². The molecule has 1 aliphatic heterocycles. The molecule has 1 spiro atoms. The van der Waals surface area contributed by atoms with Crippen molar-refractivity contribution in [2.45, 2.75) is 32.6 Å². The van der Waals surface area contributed by atoms with Gasteiger partial charge in [-0.25, -0.2) is 4.52 Å². The summed E-state index contributed by atoms with van der Waals surface area (Å²) in [5, 5.41) is 4.40. The minimum absolute atomic E-state index is 0.753. The number of rotatable bonds is 1. The maximum atomic E-state index is 4.40. The fourth-order valence-corrected chi connectivity index (χ4v) is 3.20. The molecular weight excluding hydrogens is 222 g/mol. The van der Waals surface area contributed by atoms with Gasteiger partial charge in [0.25, 0.3) is 0 Å². The molecule has 3 heterocycles. The lowest BCUT2D eigenvalue weighted by atomic mass is 9.93. The molecule has 2 aliphatic rings. The Kier molecular flexibility index (Phi) is 2.02. The van der Waals surface area contributed by atoms with Gasteiger partial charge in [-0.05, 0) is 55.7 Å². The molecule has 0 aromatic carbocycles. The van der Waals surface area contributed by atoms with E-state index in [1.807, 2.05) is 10.7 Å². The number of fused-ring (bicyclic) bond motifs is 1. The maximum absolute atomic E-state index is 4.40. The van der Waals surface area contributed by atoms with E-state index in [0.717, 1.165) is 5.41 Å². The molecule has 3 nitrogen and oxygen atoms in total. The van der Waals surface area contributed by atoms with Gasteiger partial charge in [-0.3, -0.25) is 0 Å². The van der Waals surface area contributed by atoms with Gasteiger partial charge in [-0.15, -0.1) is 0 Å². The van der Waals surface area contributed by atoms with E-state index in [-0.39, 0.29) is 0 Å². The van der Waals surface area contributed by atoms with Crippen molar-refractivity contribution < 1.29 is 0 Å². The van der Waals surface area contributed by atoms with Crippen molar-refractivity contribution in [3.05, 3.63) is 30.1 Å². The van der Waals surface area contributed by atoms with Gasteiger partial charge >= 0.3 is 0 Å². The third kappa shape index (κ3) is 1.53. The molecule has 0 unspecified atom stereocenters. The van der Waals surface area contributed by atoms with Crippen LogP contribution in [-0.2, 0) is 0 Å². The van der Waals surface area contributed by atoms with E-state index in [2.05, 4.69) is 35.3 Å². The number of piperidine rings is 1. The predicted molar refractivity (Wildman–Crippen MR) is 73.0 cm³/mol. The standard InChI is InChI=1S/C15H19N3/c1-12-10-16-18-11-13(2-3-14(12)18)17-8-6-15(4-5-15)7-9-17/h2-3,10-11H,4-9H2,1H3. The van der Waals surface area contributed by atoms with Gasteiger partial charge in [0.05, 0.1) is 23.6 Å². The fraction of sp³-hybridized carbons (Fsp3) is 0.533. The predicted octanol–water partition coefficient (Wildman–Crippen LogP) is 3.02. The summed E-state index contributed by atoms with van der Waals surface area (Å²) in [5.41, 5.74) is 4.54. The van der Waals surface area contributed by atoms with Crippen LogP contribution in [-0.4, -0.2) is 22.7 Å². The highest BCUT2D eigenvalue weighted by atomic mass is 15.2. The van der Waals surface area contributed by atoms with E-state index in [9.17, 15) is 0 Å². The van der Waals surface area contributed by atoms with Crippen LogP contribution < -0.4 is 4.90 Å². The van der Waals surface area contributed by atoms with Crippen LogP contribution in [0.5, 0.6) is 0 Å². The summed E-state index contributed by atoms with van der Waals surface area (Å²) in [6.07, 6.45) is 9.81. The highest BCUT2D eigenvalue weighted by Gasteiger charge is 2.44. The molecule has 0 radical (unpaired) electrons. The quantitative estimate of drug-likeness (QED) is 0.765. The molecule has 1 saturated heterocycles. The van der Waals surface area contributed by atoms with Crippen molar-refractivity contribution in [2.75, 3.05) is 18.0 Å². The molecular formula is C15H19N3. The first-order valence-corrected chi connectivity index (χ1v) is 6.95. The number of hydrogen-bond acceptors (Lipinski definition) is 2. The van der Waals surface area contributed by atoms with Crippen molar-refractivity contribution in [3.8, 4) is 0 Å². The van der Waals surface area contributed by atoms with E-state index < -0.39 is 0 Å². The van der Waals surface area contributed by atoms with Crippen molar-refractivity contribution >= 4 is 11.2 Å². The summed E-state index contributed by atoms with van der Waals surface area (Å²) in [7, 11) is 0. The number of nitrogens with zero attached hydrogens (tertiary/aromatic N) is 3. The van der Waals surface area contributed by atoms with Gasteiger partial charge in [0.1, 0.15) is 0 Å². The lowest BCUT2D eigenvalue weighted by Crippen LogP contribution is -2.34. The largest absolute Gasteiger partial charge is 0.370 e. The highest BCUT2D eigenvalue weighted by molar-refractivity contribution is 5.58. The number of aromatic nitrogens is 2. The van der Waals surface area contributed by atoms with Crippen LogP contribution in [0.3, 0.4) is 0 Å². The summed E-state index contributed by atoms with van der Waals surface area (Å²) in [4.78, 5) is 2.51. The van der Waals surface area contributed by atoms with Gasteiger partial charge < -0.3 is 4.90 Å². The Labute approximate surface area is 107 Å².